The van der Waals surface area contributed by atoms with Gasteiger partial charge in [-0.3, -0.25) is 24.6 Å². The molecule has 0 spiro atoms. The van der Waals surface area contributed by atoms with Crippen molar-refractivity contribution in [3.63, 3.8) is 0 Å². The van der Waals surface area contributed by atoms with Crippen LogP contribution in [0.15, 0.2) is 47.4 Å². The van der Waals surface area contributed by atoms with E-state index in [0.717, 1.165) is 11.0 Å². The number of methoxy groups -OCH3 is 1. The van der Waals surface area contributed by atoms with Gasteiger partial charge >= 0.3 is 5.69 Å². The van der Waals surface area contributed by atoms with Gasteiger partial charge in [0.25, 0.3) is 11.1 Å². The lowest BCUT2D eigenvalue weighted by atomic mass is 10.1. The number of nitrogens with zero attached hydrogens (tertiary/aromatic N) is 2. The van der Waals surface area contributed by atoms with Crippen molar-refractivity contribution in [3.05, 3.63) is 63.0 Å². The van der Waals surface area contributed by atoms with E-state index < -0.39 is 27.5 Å². The molecule has 0 aliphatic carbocycles. The van der Waals surface area contributed by atoms with Gasteiger partial charge in [-0.25, -0.2) is 0 Å². The van der Waals surface area contributed by atoms with Gasteiger partial charge < -0.3 is 14.6 Å². The molecule has 0 radical (unpaired) electrons. The molecule has 10 heteroatoms. The molecule has 2 amide bonds. The van der Waals surface area contributed by atoms with Crippen LogP contribution in [-0.2, 0) is 4.79 Å². The number of nitro benzene ring substituents is 1. The zero-order valence-electron chi connectivity index (χ0n) is 15.2. The Labute approximate surface area is 169 Å². The van der Waals surface area contributed by atoms with Crippen LogP contribution in [0.4, 0.5) is 10.5 Å². The topological polar surface area (TPSA) is 119 Å². The molecule has 1 aliphatic rings. The predicted molar refractivity (Wildman–Crippen MR) is 106 cm³/mol. The third-order valence-corrected chi connectivity index (χ3v) is 4.95. The highest BCUT2D eigenvalue weighted by Gasteiger charge is 2.35. The number of para-hydroxylation sites is 3. The lowest BCUT2D eigenvalue weighted by molar-refractivity contribution is -0.385. The second-order valence-corrected chi connectivity index (χ2v) is 6.80. The number of benzene rings is 2. The molecule has 1 fully saturated rings. The number of nitro groups is 1. The Hall–Kier alpha value is -3.53. The van der Waals surface area contributed by atoms with Gasteiger partial charge in [0, 0.05) is 11.6 Å². The van der Waals surface area contributed by atoms with Crippen LogP contribution in [0, 0.1) is 10.1 Å². The summed E-state index contributed by atoms with van der Waals surface area (Å²) in [6, 6.07) is 10.9. The van der Waals surface area contributed by atoms with E-state index in [1.807, 2.05) is 0 Å². The van der Waals surface area contributed by atoms with Gasteiger partial charge in [-0.15, -0.1) is 0 Å². The summed E-state index contributed by atoms with van der Waals surface area (Å²) in [5, 5.41) is 20.5. The quantitative estimate of drug-likeness (QED) is 0.414. The molecule has 2 aromatic rings. The van der Waals surface area contributed by atoms with Crippen LogP contribution in [0.5, 0.6) is 17.2 Å². The molecular formula is C19H16N2O7S. The number of hydrogen-bond acceptors (Lipinski definition) is 8. The summed E-state index contributed by atoms with van der Waals surface area (Å²) in [6.07, 6.45) is 1.26. The van der Waals surface area contributed by atoms with Crippen molar-refractivity contribution in [3.8, 4) is 17.2 Å². The highest BCUT2D eigenvalue weighted by atomic mass is 32.2. The average Bonchev–Trinajstić information content (AvgIpc) is 2.97. The Bertz CT molecular complexity index is 1010. The first kappa shape index (κ1) is 20.2. The van der Waals surface area contributed by atoms with E-state index in [0.29, 0.717) is 23.3 Å². The van der Waals surface area contributed by atoms with Crippen LogP contribution in [0.1, 0.15) is 5.56 Å². The largest absolute Gasteiger partial charge is 0.502 e. The Morgan fingerprint density at radius 2 is 1.90 bits per heavy atom. The summed E-state index contributed by atoms with van der Waals surface area (Å²) in [7, 11) is 1.51. The second kappa shape index (κ2) is 8.65. The number of hydrogen-bond donors (Lipinski definition) is 1. The molecule has 150 valence electrons. The minimum absolute atomic E-state index is 0.0149. The number of imide groups is 1. The van der Waals surface area contributed by atoms with Crippen molar-refractivity contribution in [1.29, 1.82) is 0 Å². The smallest absolute Gasteiger partial charge is 0.311 e. The van der Waals surface area contributed by atoms with Crippen LogP contribution < -0.4 is 9.47 Å². The first-order valence-corrected chi connectivity index (χ1v) is 9.21. The van der Waals surface area contributed by atoms with Crippen LogP contribution in [0.25, 0.3) is 6.08 Å². The average molecular weight is 416 g/mol. The Balaban J connectivity index is 1.71. The molecule has 1 aliphatic heterocycles. The molecule has 3 rings (SSSR count). The van der Waals surface area contributed by atoms with Gasteiger partial charge in [0.1, 0.15) is 6.61 Å². The summed E-state index contributed by atoms with van der Waals surface area (Å²) < 4.78 is 10.8. The second-order valence-electron chi connectivity index (χ2n) is 5.80. The van der Waals surface area contributed by atoms with E-state index in [-0.39, 0.29) is 23.6 Å². The maximum atomic E-state index is 12.5. The molecule has 1 saturated heterocycles. The monoisotopic (exact) mass is 416 g/mol. The van der Waals surface area contributed by atoms with Gasteiger partial charge in [-0.1, -0.05) is 24.3 Å². The van der Waals surface area contributed by atoms with Crippen LogP contribution in [0.2, 0.25) is 0 Å². The van der Waals surface area contributed by atoms with E-state index in [1.54, 1.807) is 24.3 Å². The van der Waals surface area contributed by atoms with Crippen molar-refractivity contribution in [1.82, 2.24) is 4.90 Å². The molecule has 0 aromatic heterocycles. The van der Waals surface area contributed by atoms with Gasteiger partial charge in [-0.2, -0.15) is 0 Å². The highest BCUT2D eigenvalue weighted by Crippen LogP contribution is 2.36. The van der Waals surface area contributed by atoms with Crippen LogP contribution >= 0.6 is 11.8 Å². The lowest BCUT2D eigenvalue weighted by Gasteiger charge is -2.14. The number of aromatic hydroxyl groups is 1. The highest BCUT2D eigenvalue weighted by molar-refractivity contribution is 8.18. The van der Waals surface area contributed by atoms with Gasteiger partial charge in [0.05, 0.1) is 23.5 Å². The molecule has 1 heterocycles. The number of phenolic OH excluding ortho intramolecular Hbond substituents is 1. The lowest BCUT2D eigenvalue weighted by Crippen LogP contribution is -2.32. The maximum absolute atomic E-state index is 12.5. The first-order chi connectivity index (χ1) is 13.9. The van der Waals surface area contributed by atoms with E-state index in [9.17, 15) is 24.8 Å². The van der Waals surface area contributed by atoms with Crippen molar-refractivity contribution < 1.29 is 29.1 Å². The SMILES string of the molecule is COc1ccccc1OCCN1C(=O)S/C(=C\c2cccc([N+](=O)[O-])c2O)C1=O. The van der Waals surface area contributed by atoms with E-state index in [4.69, 9.17) is 9.47 Å². The van der Waals surface area contributed by atoms with Crippen LogP contribution in [0.3, 0.4) is 0 Å². The fourth-order valence-corrected chi connectivity index (χ4v) is 3.49. The number of rotatable bonds is 7. The molecule has 9 nitrogen and oxygen atoms in total. The number of amides is 2. The third kappa shape index (κ3) is 4.32. The Morgan fingerprint density at radius 1 is 1.17 bits per heavy atom. The molecular weight excluding hydrogens is 400 g/mol. The summed E-state index contributed by atoms with van der Waals surface area (Å²) in [4.78, 5) is 36.0. The van der Waals surface area contributed by atoms with E-state index in [2.05, 4.69) is 0 Å². The fourth-order valence-electron chi connectivity index (χ4n) is 2.63. The number of carbonyl (C=O) groups is 2. The zero-order chi connectivity index (χ0) is 21.0. The number of thioether (sulfide) groups is 1. The molecule has 0 bridgehead atoms. The molecule has 1 N–H and O–H groups in total. The standard InChI is InChI=1S/C19H16N2O7S/c1-27-14-7-2-3-8-15(14)28-10-9-20-18(23)16(29-19(20)24)11-12-5-4-6-13(17(12)22)21(25)26/h2-8,11,22H,9-10H2,1H3/b16-11-. The molecule has 0 saturated carbocycles. The van der Waals surface area contributed by atoms with Crippen molar-refractivity contribution in [2.45, 2.75) is 0 Å². The van der Waals surface area contributed by atoms with Crippen molar-refractivity contribution in [2.24, 2.45) is 0 Å². The summed E-state index contributed by atoms with van der Waals surface area (Å²) in [5.41, 5.74) is -0.404. The first-order valence-electron chi connectivity index (χ1n) is 8.40. The summed E-state index contributed by atoms with van der Waals surface area (Å²) in [5.74, 6) is -0.111. The van der Waals surface area contributed by atoms with Gasteiger partial charge in [0.15, 0.2) is 11.5 Å². The van der Waals surface area contributed by atoms with Crippen molar-refractivity contribution >= 4 is 34.7 Å². The van der Waals surface area contributed by atoms with Gasteiger partial charge in [0.2, 0.25) is 5.75 Å². The maximum Gasteiger partial charge on any atom is 0.311 e. The fraction of sp³-hybridized carbons (Fsp3) is 0.158. The normalized spacial score (nSPS) is 15.1. The number of carbonyl (C=O) groups excluding carboxylic acids is 2. The molecule has 0 unspecified atom stereocenters. The number of ether oxygens (including phenoxy) is 2. The van der Waals surface area contributed by atoms with E-state index in [1.165, 1.54) is 25.3 Å². The summed E-state index contributed by atoms with van der Waals surface area (Å²) in [6.45, 7) is 0.0781. The summed E-state index contributed by atoms with van der Waals surface area (Å²) >= 11 is 0.691. The third-order valence-electron chi connectivity index (χ3n) is 4.04. The minimum Gasteiger partial charge on any atom is -0.502 e. The Morgan fingerprint density at radius 3 is 2.59 bits per heavy atom. The molecule has 29 heavy (non-hydrogen) atoms. The van der Waals surface area contributed by atoms with Crippen molar-refractivity contribution in [2.75, 3.05) is 20.3 Å². The Kier molecular flexibility index (Phi) is 6.03. The zero-order valence-corrected chi connectivity index (χ0v) is 16.0. The minimum atomic E-state index is -0.729. The van der Waals surface area contributed by atoms with Crippen LogP contribution in [-0.4, -0.2) is 46.3 Å². The predicted octanol–water partition coefficient (Wildman–Crippen LogP) is 3.42. The molecule has 0 atom stereocenters. The number of phenols is 1. The van der Waals surface area contributed by atoms with E-state index >= 15 is 0 Å². The van der Waals surface area contributed by atoms with Gasteiger partial charge in [-0.05, 0) is 30.0 Å². The molecule has 2 aromatic carbocycles.